The number of rotatable bonds is 0. The van der Waals surface area contributed by atoms with E-state index in [1.807, 2.05) is 13.8 Å². The lowest BCUT2D eigenvalue weighted by molar-refractivity contribution is -0.143. The van der Waals surface area contributed by atoms with Gasteiger partial charge in [-0.2, -0.15) is 0 Å². The molecule has 0 unspecified atom stereocenters. The van der Waals surface area contributed by atoms with Gasteiger partial charge < -0.3 is 9.47 Å². The summed E-state index contributed by atoms with van der Waals surface area (Å²) in [5.74, 6) is -0.411. The maximum Gasteiger partial charge on any atom is 0.164 e. The van der Waals surface area contributed by atoms with E-state index in [1.165, 1.54) is 0 Å². The molecule has 0 aromatic rings. The van der Waals surface area contributed by atoms with Crippen LogP contribution in [0.3, 0.4) is 0 Å². The van der Waals surface area contributed by atoms with Crippen LogP contribution in [-0.4, -0.2) is 22.8 Å². The molecule has 0 amide bonds. The van der Waals surface area contributed by atoms with Crippen LogP contribution < -0.4 is 0 Å². The van der Waals surface area contributed by atoms with Crippen molar-refractivity contribution in [3.63, 3.8) is 0 Å². The fraction of sp³-hybridized carbons (Fsp3) is 0.750. The van der Waals surface area contributed by atoms with Gasteiger partial charge >= 0.3 is 0 Å². The molecule has 11 heavy (non-hydrogen) atoms. The van der Waals surface area contributed by atoms with Crippen LogP contribution in [0, 0.1) is 0 Å². The van der Waals surface area contributed by atoms with E-state index in [1.54, 1.807) is 0 Å². The van der Waals surface area contributed by atoms with E-state index in [2.05, 4.69) is 28.1 Å². The fourth-order valence-corrected chi connectivity index (χ4v) is 2.12. The van der Waals surface area contributed by atoms with Crippen LogP contribution in [0.25, 0.3) is 0 Å². The minimum Gasteiger partial charge on any atom is -0.343 e. The van der Waals surface area contributed by atoms with Gasteiger partial charge in [-0.1, -0.05) is 28.1 Å². The molecule has 2 rings (SSSR count). The molecule has 0 N–H and O–H groups in total. The van der Waals surface area contributed by atoms with Crippen LogP contribution in [0.15, 0.2) is 12.2 Å². The third kappa shape index (κ3) is 1.25. The summed E-state index contributed by atoms with van der Waals surface area (Å²) in [7, 11) is 0. The van der Waals surface area contributed by atoms with Gasteiger partial charge in [0, 0.05) is 0 Å². The number of hydrogen-bond acceptors (Lipinski definition) is 2. The van der Waals surface area contributed by atoms with Gasteiger partial charge in [0.2, 0.25) is 0 Å². The second-order valence-electron chi connectivity index (χ2n) is 3.39. The lowest BCUT2D eigenvalue weighted by atomic mass is 10.2. The highest BCUT2D eigenvalue weighted by atomic mass is 79.9. The van der Waals surface area contributed by atoms with E-state index in [9.17, 15) is 0 Å². The Bertz CT molecular complexity index is 200. The molecule has 1 aliphatic carbocycles. The van der Waals surface area contributed by atoms with Gasteiger partial charge in [0.05, 0.1) is 4.83 Å². The largest absolute Gasteiger partial charge is 0.343 e. The summed E-state index contributed by atoms with van der Waals surface area (Å²) in [6.07, 6.45) is 4.45. The van der Waals surface area contributed by atoms with Crippen molar-refractivity contribution < 1.29 is 9.47 Å². The van der Waals surface area contributed by atoms with Gasteiger partial charge in [0.25, 0.3) is 0 Å². The number of halogens is 1. The molecule has 2 nitrogen and oxygen atoms in total. The van der Waals surface area contributed by atoms with E-state index in [0.717, 1.165) is 0 Å². The quantitative estimate of drug-likeness (QED) is 0.457. The van der Waals surface area contributed by atoms with Gasteiger partial charge in [-0.15, -0.1) is 0 Å². The van der Waals surface area contributed by atoms with Crippen molar-refractivity contribution in [2.45, 2.75) is 36.7 Å². The molecule has 62 valence electrons. The van der Waals surface area contributed by atoms with Crippen molar-refractivity contribution in [1.29, 1.82) is 0 Å². The van der Waals surface area contributed by atoms with E-state index in [-0.39, 0.29) is 12.2 Å². The standard InChI is InChI=1S/C8H11BrO2/c1-8(2)10-6-4-3-5(9)7(6)11-8/h3-7H,1-2H3/t5-,6+,7-/m0/s1. The maximum absolute atomic E-state index is 5.65. The number of alkyl halides is 1. The molecule has 1 fully saturated rings. The van der Waals surface area contributed by atoms with Gasteiger partial charge in [0.1, 0.15) is 12.2 Å². The molecule has 0 spiro atoms. The second-order valence-corrected chi connectivity index (χ2v) is 4.45. The molecule has 0 saturated carbocycles. The lowest BCUT2D eigenvalue weighted by Gasteiger charge is -2.17. The Morgan fingerprint density at radius 2 is 2.00 bits per heavy atom. The maximum atomic E-state index is 5.65. The van der Waals surface area contributed by atoms with Crippen molar-refractivity contribution in [3.8, 4) is 0 Å². The van der Waals surface area contributed by atoms with Crippen LogP contribution in [0.1, 0.15) is 13.8 Å². The van der Waals surface area contributed by atoms with E-state index in [4.69, 9.17) is 9.47 Å². The average molecular weight is 219 g/mol. The van der Waals surface area contributed by atoms with Crippen molar-refractivity contribution in [1.82, 2.24) is 0 Å². The number of hydrogen-bond donors (Lipinski definition) is 0. The lowest BCUT2D eigenvalue weighted by Crippen LogP contribution is -2.25. The molecule has 1 aliphatic heterocycles. The summed E-state index contributed by atoms with van der Waals surface area (Å²) < 4.78 is 11.3. The molecule has 3 atom stereocenters. The van der Waals surface area contributed by atoms with E-state index < -0.39 is 5.79 Å². The summed E-state index contributed by atoms with van der Waals surface area (Å²) in [4.78, 5) is 0.314. The molecule has 0 bridgehead atoms. The number of fused-ring (bicyclic) bond motifs is 1. The second kappa shape index (κ2) is 2.31. The Kier molecular flexibility index (Phi) is 1.63. The summed E-state index contributed by atoms with van der Waals surface area (Å²) in [5.41, 5.74) is 0. The Balaban J connectivity index is 2.15. The average Bonchev–Trinajstić information content (AvgIpc) is 2.31. The summed E-state index contributed by atoms with van der Waals surface area (Å²) in [6.45, 7) is 3.89. The molecular formula is C8H11BrO2. The first-order chi connectivity index (χ1) is 5.08. The molecule has 1 saturated heterocycles. The first kappa shape index (κ1) is 7.77. The normalized spacial score (nSPS) is 46.3. The topological polar surface area (TPSA) is 18.5 Å². The zero-order valence-electron chi connectivity index (χ0n) is 6.58. The first-order valence-electron chi connectivity index (χ1n) is 3.76. The molecule has 3 heteroatoms. The predicted molar refractivity (Wildman–Crippen MR) is 45.7 cm³/mol. The van der Waals surface area contributed by atoms with Crippen LogP contribution in [0.2, 0.25) is 0 Å². The highest BCUT2D eigenvalue weighted by molar-refractivity contribution is 9.09. The molecule has 0 aromatic heterocycles. The van der Waals surface area contributed by atoms with E-state index >= 15 is 0 Å². The van der Waals surface area contributed by atoms with Crippen LogP contribution >= 0.6 is 15.9 Å². The van der Waals surface area contributed by atoms with E-state index in [0.29, 0.717) is 4.83 Å². The molecule has 0 aromatic carbocycles. The minimum absolute atomic E-state index is 0.148. The predicted octanol–water partition coefficient (Wildman–Crippen LogP) is 1.84. The summed E-state index contributed by atoms with van der Waals surface area (Å²) >= 11 is 3.51. The Morgan fingerprint density at radius 3 is 2.64 bits per heavy atom. The van der Waals surface area contributed by atoms with Crippen molar-refractivity contribution in [2.75, 3.05) is 0 Å². The van der Waals surface area contributed by atoms with Crippen LogP contribution in [0.4, 0.5) is 0 Å². The Morgan fingerprint density at radius 1 is 1.27 bits per heavy atom. The summed E-state index contributed by atoms with van der Waals surface area (Å²) in [5, 5.41) is 0. The Hall–Kier alpha value is 0.140. The van der Waals surface area contributed by atoms with Gasteiger partial charge in [-0.25, -0.2) is 0 Å². The molecular weight excluding hydrogens is 208 g/mol. The molecule has 0 radical (unpaired) electrons. The summed E-state index contributed by atoms with van der Waals surface area (Å²) in [6, 6.07) is 0. The number of ether oxygens (including phenoxy) is 2. The third-order valence-electron chi connectivity index (χ3n) is 1.96. The van der Waals surface area contributed by atoms with Gasteiger partial charge in [-0.3, -0.25) is 0 Å². The minimum atomic E-state index is -0.411. The SMILES string of the molecule is CC1(C)O[C@H]2[C@@H](Br)C=C[C@H]2O1. The zero-order chi connectivity index (χ0) is 8.06. The van der Waals surface area contributed by atoms with Gasteiger partial charge in [-0.05, 0) is 13.8 Å². The fourth-order valence-electron chi connectivity index (χ4n) is 1.54. The molecule has 2 aliphatic rings. The Labute approximate surface area is 74.7 Å². The third-order valence-corrected chi connectivity index (χ3v) is 2.79. The first-order valence-corrected chi connectivity index (χ1v) is 4.68. The zero-order valence-corrected chi connectivity index (χ0v) is 8.17. The highest BCUT2D eigenvalue weighted by Gasteiger charge is 2.45. The van der Waals surface area contributed by atoms with Crippen molar-refractivity contribution in [3.05, 3.63) is 12.2 Å². The highest BCUT2D eigenvalue weighted by Crippen LogP contribution is 2.36. The van der Waals surface area contributed by atoms with Crippen molar-refractivity contribution in [2.24, 2.45) is 0 Å². The monoisotopic (exact) mass is 218 g/mol. The van der Waals surface area contributed by atoms with Crippen molar-refractivity contribution >= 4 is 15.9 Å². The molecule has 1 heterocycles. The van der Waals surface area contributed by atoms with Crippen LogP contribution in [-0.2, 0) is 9.47 Å². The smallest absolute Gasteiger partial charge is 0.164 e. The van der Waals surface area contributed by atoms with Gasteiger partial charge in [0.15, 0.2) is 5.79 Å². The van der Waals surface area contributed by atoms with Crippen LogP contribution in [0.5, 0.6) is 0 Å².